The fourth-order valence-corrected chi connectivity index (χ4v) is 10.1. The van der Waals surface area contributed by atoms with Crippen LogP contribution in [0.15, 0.2) is 168 Å². The second kappa shape index (κ2) is 10.9. The van der Waals surface area contributed by atoms with E-state index < -0.39 is 0 Å². The van der Waals surface area contributed by atoms with Gasteiger partial charge in [0, 0.05) is 43.0 Å². The third kappa shape index (κ3) is 4.17. The largest absolute Gasteiger partial charge is 0.456 e. The number of hydrogen-bond acceptors (Lipinski definition) is 3. The third-order valence-electron chi connectivity index (χ3n) is 11.3. The molecule has 0 radical (unpaired) electrons. The molecular formula is C49H33NOS. The predicted molar refractivity (Wildman–Crippen MR) is 222 cm³/mol. The van der Waals surface area contributed by atoms with Gasteiger partial charge in [0.1, 0.15) is 11.2 Å². The maximum absolute atomic E-state index is 6.27. The number of thiophene rings is 1. The molecule has 52 heavy (non-hydrogen) atoms. The highest BCUT2D eigenvalue weighted by atomic mass is 32.1. The van der Waals surface area contributed by atoms with Crippen molar-refractivity contribution in [2.24, 2.45) is 0 Å². The van der Waals surface area contributed by atoms with Crippen LogP contribution in [0.2, 0.25) is 0 Å². The summed E-state index contributed by atoms with van der Waals surface area (Å²) in [5.41, 5.74) is 13.1. The van der Waals surface area contributed by atoms with Crippen LogP contribution >= 0.6 is 11.3 Å². The molecule has 0 amide bonds. The van der Waals surface area contributed by atoms with E-state index in [0.29, 0.717) is 0 Å². The maximum atomic E-state index is 6.27. The molecule has 0 unspecified atom stereocenters. The summed E-state index contributed by atoms with van der Waals surface area (Å²) in [5.74, 6) is 0. The quantitative estimate of drug-likeness (QED) is 0.184. The highest BCUT2D eigenvalue weighted by Crippen LogP contribution is 2.52. The number of nitrogens with zero attached hydrogens (tertiary/aromatic N) is 1. The van der Waals surface area contributed by atoms with E-state index in [1.807, 2.05) is 23.5 Å². The second-order valence-corrected chi connectivity index (χ2v) is 15.5. The lowest BCUT2D eigenvalue weighted by Gasteiger charge is -2.26. The molecule has 10 aromatic rings. The van der Waals surface area contributed by atoms with Crippen molar-refractivity contribution in [3.8, 4) is 22.3 Å². The van der Waals surface area contributed by atoms with E-state index in [-0.39, 0.29) is 5.41 Å². The highest BCUT2D eigenvalue weighted by molar-refractivity contribution is 7.27. The zero-order valence-electron chi connectivity index (χ0n) is 28.9. The predicted octanol–water partition coefficient (Wildman–Crippen LogP) is 14.6. The molecule has 0 aliphatic heterocycles. The topological polar surface area (TPSA) is 16.4 Å². The molecule has 2 nitrogen and oxygen atoms in total. The Kier molecular flexibility index (Phi) is 6.21. The van der Waals surface area contributed by atoms with Gasteiger partial charge in [-0.05, 0) is 86.6 Å². The van der Waals surface area contributed by atoms with Crippen molar-refractivity contribution in [2.75, 3.05) is 4.90 Å². The van der Waals surface area contributed by atoms with Gasteiger partial charge in [-0.2, -0.15) is 0 Å². The van der Waals surface area contributed by atoms with E-state index in [4.69, 9.17) is 4.42 Å². The lowest BCUT2D eigenvalue weighted by atomic mass is 9.82. The smallest absolute Gasteiger partial charge is 0.135 e. The summed E-state index contributed by atoms with van der Waals surface area (Å²) in [6.45, 7) is 4.69. The molecular weight excluding hydrogens is 651 g/mol. The maximum Gasteiger partial charge on any atom is 0.135 e. The lowest BCUT2D eigenvalue weighted by Crippen LogP contribution is -2.14. The van der Waals surface area contributed by atoms with Crippen molar-refractivity contribution in [1.29, 1.82) is 0 Å². The first-order valence-corrected chi connectivity index (χ1v) is 18.7. The van der Waals surface area contributed by atoms with E-state index in [1.54, 1.807) is 0 Å². The summed E-state index contributed by atoms with van der Waals surface area (Å²) >= 11 is 1.89. The van der Waals surface area contributed by atoms with Crippen LogP contribution in [0.25, 0.3) is 75.1 Å². The van der Waals surface area contributed by atoms with Crippen LogP contribution in [-0.2, 0) is 5.41 Å². The van der Waals surface area contributed by atoms with E-state index in [9.17, 15) is 0 Å². The Morgan fingerprint density at radius 3 is 2.06 bits per heavy atom. The fraction of sp³-hybridized carbons (Fsp3) is 0.0612. The van der Waals surface area contributed by atoms with Gasteiger partial charge in [0.2, 0.25) is 0 Å². The average molecular weight is 684 g/mol. The molecule has 0 saturated heterocycles. The zero-order valence-corrected chi connectivity index (χ0v) is 29.7. The number of para-hydroxylation sites is 1. The fourth-order valence-electron chi connectivity index (χ4n) is 8.75. The normalized spacial score (nSPS) is 13.3. The first-order chi connectivity index (χ1) is 25.5. The number of furan rings is 1. The number of rotatable bonds is 4. The van der Waals surface area contributed by atoms with Crippen LogP contribution in [0.3, 0.4) is 0 Å². The minimum absolute atomic E-state index is 0.0389. The van der Waals surface area contributed by atoms with Crippen LogP contribution in [0.1, 0.15) is 25.0 Å². The summed E-state index contributed by atoms with van der Waals surface area (Å²) < 4.78 is 8.87. The van der Waals surface area contributed by atoms with Crippen molar-refractivity contribution < 1.29 is 4.42 Å². The molecule has 2 aromatic heterocycles. The SMILES string of the molecule is CC1(C)c2ccccc2-c2c(-c3ccc(N(c4ccc5oc6ccccc6c5c4)c4cccc5c4sc4c6ccccc6ccc54)cc3)cccc21. The van der Waals surface area contributed by atoms with Crippen molar-refractivity contribution in [2.45, 2.75) is 19.3 Å². The van der Waals surface area contributed by atoms with Crippen molar-refractivity contribution >= 4 is 81.3 Å². The molecule has 0 N–H and O–H groups in total. The van der Waals surface area contributed by atoms with Crippen LogP contribution in [0, 0.1) is 0 Å². The minimum Gasteiger partial charge on any atom is -0.456 e. The van der Waals surface area contributed by atoms with Gasteiger partial charge >= 0.3 is 0 Å². The van der Waals surface area contributed by atoms with Gasteiger partial charge in [0.05, 0.1) is 10.4 Å². The van der Waals surface area contributed by atoms with E-state index in [0.717, 1.165) is 33.3 Å². The Morgan fingerprint density at radius 2 is 1.15 bits per heavy atom. The molecule has 0 spiro atoms. The van der Waals surface area contributed by atoms with Gasteiger partial charge < -0.3 is 9.32 Å². The molecule has 8 aromatic carbocycles. The highest BCUT2D eigenvalue weighted by Gasteiger charge is 2.36. The van der Waals surface area contributed by atoms with Gasteiger partial charge in [0.15, 0.2) is 0 Å². The summed E-state index contributed by atoms with van der Waals surface area (Å²) in [4.78, 5) is 2.43. The second-order valence-electron chi connectivity index (χ2n) is 14.5. The molecule has 1 aliphatic rings. The molecule has 1 aliphatic carbocycles. The van der Waals surface area contributed by atoms with Gasteiger partial charge in [-0.1, -0.05) is 135 Å². The summed E-state index contributed by atoms with van der Waals surface area (Å²) in [5, 5.41) is 7.39. The Labute approximate surface area is 305 Å². The van der Waals surface area contributed by atoms with Crippen molar-refractivity contribution in [3.63, 3.8) is 0 Å². The summed E-state index contributed by atoms with van der Waals surface area (Å²) in [6, 6.07) is 59.9. The van der Waals surface area contributed by atoms with Gasteiger partial charge in [-0.15, -0.1) is 11.3 Å². The van der Waals surface area contributed by atoms with Gasteiger partial charge in [-0.3, -0.25) is 0 Å². The van der Waals surface area contributed by atoms with Crippen LogP contribution < -0.4 is 4.90 Å². The lowest BCUT2D eigenvalue weighted by molar-refractivity contribution is 0.660. The molecule has 2 heterocycles. The Morgan fingerprint density at radius 1 is 0.481 bits per heavy atom. The molecule has 0 saturated carbocycles. The first-order valence-electron chi connectivity index (χ1n) is 17.9. The van der Waals surface area contributed by atoms with Gasteiger partial charge in [0.25, 0.3) is 0 Å². The van der Waals surface area contributed by atoms with Crippen molar-refractivity contribution in [1.82, 2.24) is 0 Å². The molecule has 11 rings (SSSR count). The van der Waals surface area contributed by atoms with Gasteiger partial charge in [-0.25, -0.2) is 0 Å². The average Bonchev–Trinajstić information content (AvgIpc) is 3.84. The van der Waals surface area contributed by atoms with Crippen molar-refractivity contribution in [3.05, 3.63) is 175 Å². The standard InChI is InChI=1S/C49H33NOS/c1-49(2)41-17-7-5-14-39(41)46-34(15-9-18-42(46)49)31-21-24-32(25-22-31)50(33-26-28-45-40(29-33)36-13-6-8-20-44(36)51-45)43-19-10-16-37-38-27-23-30-11-3-4-12-35(30)47(38)52-48(37)43/h3-29H,1-2H3. The molecule has 0 atom stereocenters. The van der Waals surface area contributed by atoms with Crippen LogP contribution in [0.5, 0.6) is 0 Å². The van der Waals surface area contributed by atoms with E-state index in [2.05, 4.69) is 170 Å². The summed E-state index contributed by atoms with van der Waals surface area (Å²) in [7, 11) is 0. The summed E-state index contributed by atoms with van der Waals surface area (Å²) in [6.07, 6.45) is 0. The molecule has 246 valence electrons. The van der Waals surface area contributed by atoms with Crippen LogP contribution in [0.4, 0.5) is 17.1 Å². The van der Waals surface area contributed by atoms with E-state index >= 15 is 0 Å². The minimum atomic E-state index is -0.0389. The Balaban J connectivity index is 1.12. The third-order valence-corrected chi connectivity index (χ3v) is 12.5. The number of benzene rings is 8. The molecule has 3 heteroatoms. The number of anilines is 3. The Bertz CT molecular complexity index is 3050. The Hall–Kier alpha value is -6.16. The monoisotopic (exact) mass is 683 g/mol. The zero-order chi connectivity index (χ0) is 34.6. The number of fused-ring (bicyclic) bond motifs is 11. The number of hydrogen-bond donors (Lipinski definition) is 0. The first kappa shape index (κ1) is 29.6. The molecule has 0 bridgehead atoms. The molecule has 0 fully saturated rings. The van der Waals surface area contributed by atoms with E-state index in [1.165, 1.54) is 70.0 Å². The van der Waals surface area contributed by atoms with Crippen LogP contribution in [-0.4, -0.2) is 0 Å².